The average molecular weight is 563 g/mol. The number of allylic oxidation sites excluding steroid dienone is 1. The number of hydrogen-bond donors (Lipinski definition) is 8. The Morgan fingerprint density at radius 2 is 1.32 bits per heavy atom. The molecule has 218 valence electrons. The molecule has 2 heterocycles. The average Bonchev–Trinajstić information content (AvgIpc) is 2.98. The van der Waals surface area contributed by atoms with Crippen molar-refractivity contribution in [1.29, 1.82) is 0 Å². The molecular formula is C28H34O12. The minimum absolute atomic E-state index is 0.201. The standard InChI is InChI=1S/C28H34O12/c1-38-18-10-15(7-8-16(18)28-26(37)24(35)22(33)20(12-30)40-28)17(31)9-4-13-2-5-14(6-3-13)27-25(36)23(34)21(32)19(11-29)39-27/h2-10,19-30,32-37H,11-12H2,1H3/t19-,20-,21-,22-,23+,24+,25-,26-,27?,28?/m1/s1. The highest BCUT2D eigenvalue weighted by Gasteiger charge is 2.45. The molecule has 2 saturated heterocycles. The van der Waals surface area contributed by atoms with Gasteiger partial charge in [0.2, 0.25) is 0 Å². The molecule has 0 amide bonds. The molecule has 8 N–H and O–H groups in total. The van der Waals surface area contributed by atoms with Crippen LogP contribution in [0.3, 0.4) is 0 Å². The summed E-state index contributed by atoms with van der Waals surface area (Å²) < 4.78 is 16.5. The Bertz CT molecular complexity index is 1180. The fraction of sp³-hybridized carbons (Fsp3) is 0.464. The number of rotatable bonds is 8. The molecular weight excluding hydrogens is 528 g/mol. The number of ether oxygens (including phenoxy) is 3. The van der Waals surface area contributed by atoms with Crippen molar-refractivity contribution in [2.24, 2.45) is 0 Å². The van der Waals surface area contributed by atoms with Gasteiger partial charge in [-0.25, -0.2) is 0 Å². The zero-order chi connectivity index (χ0) is 29.1. The van der Waals surface area contributed by atoms with E-state index in [2.05, 4.69) is 0 Å². The van der Waals surface area contributed by atoms with E-state index >= 15 is 0 Å². The third-order valence-corrected chi connectivity index (χ3v) is 7.30. The van der Waals surface area contributed by atoms with E-state index in [1.807, 2.05) is 0 Å². The molecule has 4 rings (SSSR count). The van der Waals surface area contributed by atoms with E-state index < -0.39 is 74.3 Å². The molecule has 10 atom stereocenters. The van der Waals surface area contributed by atoms with E-state index in [0.29, 0.717) is 16.7 Å². The van der Waals surface area contributed by atoms with Crippen LogP contribution in [-0.2, 0) is 9.47 Å². The van der Waals surface area contributed by atoms with Gasteiger partial charge in [0.1, 0.15) is 66.8 Å². The van der Waals surface area contributed by atoms with Crippen LogP contribution < -0.4 is 4.74 Å². The van der Waals surface area contributed by atoms with E-state index in [1.165, 1.54) is 31.4 Å². The smallest absolute Gasteiger partial charge is 0.185 e. The maximum atomic E-state index is 12.9. The van der Waals surface area contributed by atoms with Gasteiger partial charge in [-0.3, -0.25) is 4.79 Å². The van der Waals surface area contributed by atoms with Crippen molar-refractivity contribution in [2.45, 2.75) is 61.0 Å². The van der Waals surface area contributed by atoms with Gasteiger partial charge in [0.05, 0.1) is 20.3 Å². The van der Waals surface area contributed by atoms with Crippen molar-refractivity contribution in [2.75, 3.05) is 20.3 Å². The first-order valence-electron chi connectivity index (χ1n) is 12.7. The summed E-state index contributed by atoms with van der Waals surface area (Å²) in [5.41, 5.74) is 1.74. The van der Waals surface area contributed by atoms with Crippen LogP contribution >= 0.6 is 0 Å². The number of aliphatic hydroxyl groups excluding tert-OH is 8. The van der Waals surface area contributed by atoms with E-state index in [4.69, 9.17) is 14.2 Å². The normalized spacial score (nSPS) is 34.6. The summed E-state index contributed by atoms with van der Waals surface area (Å²) in [6.07, 6.45) is -10.2. The molecule has 40 heavy (non-hydrogen) atoms. The molecule has 2 aliphatic heterocycles. The summed E-state index contributed by atoms with van der Waals surface area (Å²) in [7, 11) is 1.37. The van der Waals surface area contributed by atoms with Gasteiger partial charge in [-0.2, -0.15) is 0 Å². The van der Waals surface area contributed by atoms with Gasteiger partial charge in [-0.15, -0.1) is 0 Å². The third-order valence-electron chi connectivity index (χ3n) is 7.30. The molecule has 2 fully saturated rings. The van der Waals surface area contributed by atoms with Crippen LogP contribution in [0.15, 0.2) is 48.5 Å². The van der Waals surface area contributed by atoms with Crippen LogP contribution in [0.1, 0.15) is 39.3 Å². The van der Waals surface area contributed by atoms with Gasteiger partial charge < -0.3 is 55.1 Å². The van der Waals surface area contributed by atoms with Gasteiger partial charge in [-0.05, 0) is 23.3 Å². The molecule has 0 aromatic heterocycles. The van der Waals surface area contributed by atoms with Gasteiger partial charge in [0.15, 0.2) is 5.78 Å². The molecule has 0 bridgehead atoms. The van der Waals surface area contributed by atoms with Crippen LogP contribution in [0, 0.1) is 0 Å². The van der Waals surface area contributed by atoms with Crippen LogP contribution in [0.25, 0.3) is 6.08 Å². The molecule has 2 aromatic rings. The second-order valence-corrected chi connectivity index (χ2v) is 9.82. The Hall–Kier alpha value is -2.75. The van der Waals surface area contributed by atoms with E-state index in [9.17, 15) is 45.6 Å². The molecule has 2 aromatic carbocycles. The quantitative estimate of drug-likeness (QED) is 0.138. The van der Waals surface area contributed by atoms with Crippen molar-refractivity contribution in [3.63, 3.8) is 0 Å². The number of ketones is 1. The van der Waals surface area contributed by atoms with Crippen molar-refractivity contribution >= 4 is 11.9 Å². The highest BCUT2D eigenvalue weighted by Crippen LogP contribution is 2.37. The van der Waals surface area contributed by atoms with Crippen LogP contribution in [-0.4, -0.2) is 116 Å². The Balaban J connectivity index is 1.47. The Morgan fingerprint density at radius 3 is 1.88 bits per heavy atom. The predicted octanol–water partition coefficient (Wildman–Crippen LogP) is -1.38. The molecule has 12 heteroatoms. The largest absolute Gasteiger partial charge is 0.496 e. The molecule has 0 radical (unpaired) electrons. The second-order valence-electron chi connectivity index (χ2n) is 9.82. The van der Waals surface area contributed by atoms with E-state index in [-0.39, 0.29) is 17.1 Å². The first-order valence-corrected chi connectivity index (χ1v) is 12.7. The SMILES string of the molecule is COc1cc(C(=O)C=Cc2ccc(C3O[C@H](CO)[C@@H](O)[C@H](O)[C@H]3O)cc2)ccc1C1O[C@H](CO)[C@@H](O)[C@H](O)[C@H]1O. The molecule has 12 nitrogen and oxygen atoms in total. The van der Waals surface area contributed by atoms with Crippen molar-refractivity contribution in [1.82, 2.24) is 0 Å². The van der Waals surface area contributed by atoms with Gasteiger partial charge in [0, 0.05) is 11.1 Å². The molecule has 2 unspecified atom stereocenters. The summed E-state index contributed by atoms with van der Waals surface area (Å²) >= 11 is 0. The summed E-state index contributed by atoms with van der Waals surface area (Å²) in [6.45, 7) is -1.10. The minimum atomic E-state index is -1.56. The second kappa shape index (κ2) is 12.8. The van der Waals surface area contributed by atoms with Crippen molar-refractivity contribution in [3.8, 4) is 5.75 Å². The lowest BCUT2D eigenvalue weighted by Crippen LogP contribution is -2.55. The zero-order valence-electron chi connectivity index (χ0n) is 21.6. The van der Waals surface area contributed by atoms with E-state index in [1.54, 1.807) is 30.3 Å². The molecule has 0 saturated carbocycles. The van der Waals surface area contributed by atoms with Gasteiger partial charge in [-0.1, -0.05) is 42.5 Å². The highest BCUT2D eigenvalue weighted by atomic mass is 16.6. The Morgan fingerprint density at radius 1 is 0.775 bits per heavy atom. The first-order chi connectivity index (χ1) is 19.1. The number of carbonyl (C=O) groups is 1. The number of methoxy groups -OCH3 is 1. The monoisotopic (exact) mass is 562 g/mol. The summed E-state index contributed by atoms with van der Waals surface area (Å²) in [4.78, 5) is 12.9. The number of benzene rings is 2. The molecule has 2 aliphatic rings. The molecule has 0 aliphatic carbocycles. The number of hydrogen-bond acceptors (Lipinski definition) is 12. The predicted molar refractivity (Wildman–Crippen MR) is 138 cm³/mol. The van der Waals surface area contributed by atoms with Crippen LogP contribution in [0.4, 0.5) is 0 Å². The van der Waals surface area contributed by atoms with Gasteiger partial charge in [0.25, 0.3) is 0 Å². The lowest BCUT2D eigenvalue weighted by Gasteiger charge is -2.40. The van der Waals surface area contributed by atoms with Gasteiger partial charge >= 0.3 is 0 Å². The molecule has 0 spiro atoms. The maximum absolute atomic E-state index is 12.9. The minimum Gasteiger partial charge on any atom is -0.496 e. The van der Waals surface area contributed by atoms with E-state index in [0.717, 1.165) is 0 Å². The lowest BCUT2D eigenvalue weighted by molar-refractivity contribution is -0.232. The Labute approximate surface area is 229 Å². The van der Waals surface area contributed by atoms with Crippen molar-refractivity contribution < 1.29 is 59.9 Å². The highest BCUT2D eigenvalue weighted by molar-refractivity contribution is 6.07. The first kappa shape index (κ1) is 30.2. The van der Waals surface area contributed by atoms with Crippen LogP contribution in [0.2, 0.25) is 0 Å². The van der Waals surface area contributed by atoms with Crippen LogP contribution in [0.5, 0.6) is 5.75 Å². The van der Waals surface area contributed by atoms with Crippen molar-refractivity contribution in [3.05, 3.63) is 70.8 Å². The fourth-order valence-corrected chi connectivity index (χ4v) is 4.90. The fourth-order valence-electron chi connectivity index (χ4n) is 4.90. The zero-order valence-corrected chi connectivity index (χ0v) is 21.6. The summed E-state index contributed by atoms with van der Waals surface area (Å²) in [5, 5.41) is 79.7. The number of carbonyl (C=O) groups excluding carboxylic acids is 1. The summed E-state index contributed by atoms with van der Waals surface area (Å²) in [6, 6.07) is 11.1. The Kier molecular flexibility index (Phi) is 9.69. The number of aliphatic hydroxyl groups is 8. The summed E-state index contributed by atoms with van der Waals surface area (Å²) in [5.74, 6) is -0.163. The lowest BCUT2D eigenvalue weighted by atomic mass is 9.90. The maximum Gasteiger partial charge on any atom is 0.185 e. The topological polar surface area (TPSA) is 207 Å². The third kappa shape index (κ3) is 5.97.